The summed E-state index contributed by atoms with van der Waals surface area (Å²) in [7, 11) is -3.10. The summed E-state index contributed by atoms with van der Waals surface area (Å²) in [6, 6.07) is 7.19. The third-order valence-electron chi connectivity index (χ3n) is 4.75. The molecule has 0 unspecified atom stereocenters. The van der Waals surface area contributed by atoms with Gasteiger partial charge >= 0.3 is 5.97 Å². The van der Waals surface area contributed by atoms with E-state index in [0.717, 1.165) is 11.1 Å². The number of ether oxygens (including phenoxy) is 1. The van der Waals surface area contributed by atoms with Gasteiger partial charge in [0, 0.05) is 18.2 Å². The van der Waals surface area contributed by atoms with Crippen LogP contribution in [0, 0.1) is 6.92 Å². The second kappa shape index (κ2) is 9.17. The third kappa shape index (κ3) is 6.20. The Hall–Kier alpha value is -2.15. The van der Waals surface area contributed by atoms with Crippen molar-refractivity contribution < 1.29 is 22.7 Å². The van der Waals surface area contributed by atoms with Crippen molar-refractivity contribution in [2.24, 2.45) is 0 Å². The Morgan fingerprint density at radius 1 is 1.37 bits per heavy atom. The number of esters is 1. The number of benzene rings is 1. The van der Waals surface area contributed by atoms with Crippen molar-refractivity contribution in [2.45, 2.75) is 45.7 Å². The van der Waals surface area contributed by atoms with E-state index in [2.05, 4.69) is 0 Å². The Morgan fingerprint density at radius 3 is 2.70 bits per heavy atom. The van der Waals surface area contributed by atoms with Crippen LogP contribution in [0.4, 0.5) is 0 Å². The van der Waals surface area contributed by atoms with Gasteiger partial charge in [-0.25, -0.2) is 13.2 Å². The number of carbonyl (C=O) groups excluding carboxylic acids is 2. The molecule has 1 aromatic carbocycles. The third-order valence-corrected chi connectivity index (χ3v) is 6.50. The zero-order chi connectivity index (χ0) is 20.0. The maximum absolute atomic E-state index is 12.6. The highest BCUT2D eigenvalue weighted by atomic mass is 32.2. The van der Waals surface area contributed by atoms with Crippen LogP contribution >= 0.6 is 0 Å². The summed E-state index contributed by atoms with van der Waals surface area (Å²) >= 11 is 0. The zero-order valence-electron chi connectivity index (χ0n) is 16.1. The average Bonchev–Trinajstić information content (AvgIpc) is 2.97. The minimum atomic E-state index is -3.10. The van der Waals surface area contributed by atoms with Gasteiger partial charge in [-0.3, -0.25) is 4.79 Å². The van der Waals surface area contributed by atoms with Crippen LogP contribution in [0.1, 0.15) is 37.8 Å². The first-order chi connectivity index (χ1) is 12.7. The van der Waals surface area contributed by atoms with Gasteiger partial charge in [0.15, 0.2) is 16.4 Å². The highest BCUT2D eigenvalue weighted by Crippen LogP contribution is 2.21. The molecule has 2 atom stereocenters. The molecule has 0 bridgehead atoms. The molecule has 1 aromatic rings. The van der Waals surface area contributed by atoms with E-state index >= 15 is 0 Å². The average molecular weight is 394 g/mol. The summed E-state index contributed by atoms with van der Waals surface area (Å²) in [4.78, 5) is 26.1. The van der Waals surface area contributed by atoms with Gasteiger partial charge in [-0.05, 0) is 38.3 Å². The first-order valence-electron chi connectivity index (χ1n) is 9.15. The van der Waals surface area contributed by atoms with E-state index in [-0.39, 0.29) is 29.5 Å². The normalized spacial score (nSPS) is 19.7. The highest BCUT2D eigenvalue weighted by molar-refractivity contribution is 7.91. The summed E-state index contributed by atoms with van der Waals surface area (Å²) in [6.45, 7) is 5.38. The largest absolute Gasteiger partial charge is 0.452 e. The van der Waals surface area contributed by atoms with Crippen molar-refractivity contribution in [3.05, 3.63) is 41.5 Å². The number of amides is 1. The maximum Gasteiger partial charge on any atom is 0.331 e. The molecule has 1 aliphatic rings. The molecule has 6 nitrogen and oxygen atoms in total. The summed E-state index contributed by atoms with van der Waals surface area (Å²) in [5, 5.41) is 0. The molecule has 2 rings (SSSR count). The molecule has 0 N–H and O–H groups in total. The van der Waals surface area contributed by atoms with Crippen molar-refractivity contribution in [3.63, 3.8) is 0 Å². The van der Waals surface area contributed by atoms with Gasteiger partial charge in [0.05, 0.1) is 11.5 Å². The van der Waals surface area contributed by atoms with Gasteiger partial charge in [0.2, 0.25) is 0 Å². The van der Waals surface area contributed by atoms with Crippen LogP contribution < -0.4 is 0 Å². The van der Waals surface area contributed by atoms with Gasteiger partial charge < -0.3 is 9.64 Å². The maximum atomic E-state index is 12.6. The van der Waals surface area contributed by atoms with Crippen LogP contribution in [0.25, 0.3) is 6.08 Å². The monoisotopic (exact) mass is 393 g/mol. The molecular formula is C20H27NO5S. The summed E-state index contributed by atoms with van der Waals surface area (Å²) in [5.41, 5.74) is 1.95. The fourth-order valence-electron chi connectivity index (χ4n) is 3.19. The van der Waals surface area contributed by atoms with Crippen molar-refractivity contribution in [2.75, 3.05) is 18.1 Å². The van der Waals surface area contributed by atoms with Crippen LogP contribution in [0.3, 0.4) is 0 Å². The molecule has 27 heavy (non-hydrogen) atoms. The second-order valence-corrected chi connectivity index (χ2v) is 9.20. The lowest BCUT2D eigenvalue weighted by atomic mass is 10.1. The Bertz CT molecular complexity index is 815. The topological polar surface area (TPSA) is 80.8 Å². The fourth-order valence-corrected chi connectivity index (χ4v) is 4.91. The zero-order valence-corrected chi connectivity index (χ0v) is 16.9. The van der Waals surface area contributed by atoms with Crippen molar-refractivity contribution in [1.82, 2.24) is 4.90 Å². The van der Waals surface area contributed by atoms with Crippen molar-refractivity contribution >= 4 is 27.8 Å². The van der Waals surface area contributed by atoms with E-state index < -0.39 is 22.4 Å². The lowest BCUT2D eigenvalue weighted by Gasteiger charge is -2.33. The number of hydrogen-bond acceptors (Lipinski definition) is 5. The molecule has 1 amide bonds. The molecule has 148 valence electrons. The summed E-state index contributed by atoms with van der Waals surface area (Å²) < 4.78 is 28.6. The molecule has 1 heterocycles. The Balaban J connectivity index is 1.95. The molecule has 7 heteroatoms. The number of sulfone groups is 1. The van der Waals surface area contributed by atoms with Gasteiger partial charge in [0.25, 0.3) is 5.91 Å². The molecule has 0 saturated carbocycles. The predicted octanol–water partition coefficient (Wildman–Crippen LogP) is 2.37. The highest BCUT2D eigenvalue weighted by Gasteiger charge is 2.36. The molecule has 0 radical (unpaired) electrons. The Labute approximate surface area is 161 Å². The van der Waals surface area contributed by atoms with E-state index in [1.54, 1.807) is 11.0 Å². The Kier molecular flexibility index (Phi) is 7.18. The second-order valence-electron chi connectivity index (χ2n) is 6.97. The fraction of sp³-hybridized carbons (Fsp3) is 0.500. The van der Waals surface area contributed by atoms with Crippen LogP contribution in [0.5, 0.6) is 0 Å². The first kappa shape index (κ1) is 21.2. The smallest absolute Gasteiger partial charge is 0.331 e. The molecular weight excluding hydrogens is 366 g/mol. The van der Waals surface area contributed by atoms with Crippen molar-refractivity contribution in [3.8, 4) is 0 Å². The number of rotatable bonds is 7. The van der Waals surface area contributed by atoms with Gasteiger partial charge in [0.1, 0.15) is 0 Å². The lowest BCUT2D eigenvalue weighted by Crippen LogP contribution is -2.48. The predicted molar refractivity (Wildman–Crippen MR) is 105 cm³/mol. The number of nitrogens with zero attached hydrogens (tertiary/aromatic N) is 1. The van der Waals surface area contributed by atoms with Crippen LogP contribution in [0.2, 0.25) is 0 Å². The molecule has 1 fully saturated rings. The van der Waals surface area contributed by atoms with Crippen LogP contribution in [0.15, 0.2) is 30.3 Å². The van der Waals surface area contributed by atoms with E-state index in [1.807, 2.05) is 45.0 Å². The lowest BCUT2D eigenvalue weighted by molar-refractivity contribution is -0.150. The molecule has 0 spiro atoms. The summed E-state index contributed by atoms with van der Waals surface area (Å²) in [5.74, 6) is -0.891. The van der Waals surface area contributed by atoms with E-state index in [1.165, 1.54) is 6.08 Å². The number of aryl methyl sites for hydroxylation is 1. The minimum absolute atomic E-state index is 0.0235. The summed E-state index contributed by atoms with van der Waals surface area (Å²) in [6.07, 6.45) is 4.05. The SMILES string of the molecule is CC[C@@H](C)N(C(=O)COC(=O)/C=C/c1cccc(C)c1)[C@@H]1CCS(=O)(=O)C1. The van der Waals surface area contributed by atoms with Gasteiger partial charge in [-0.1, -0.05) is 36.8 Å². The Morgan fingerprint density at radius 2 is 2.11 bits per heavy atom. The van der Waals surface area contributed by atoms with Crippen LogP contribution in [-0.4, -0.2) is 55.4 Å². The molecule has 1 aliphatic heterocycles. The van der Waals surface area contributed by atoms with E-state index in [9.17, 15) is 18.0 Å². The van der Waals surface area contributed by atoms with E-state index in [4.69, 9.17) is 4.74 Å². The molecule has 0 aliphatic carbocycles. The first-order valence-corrected chi connectivity index (χ1v) is 11.0. The van der Waals surface area contributed by atoms with Crippen LogP contribution in [-0.2, 0) is 24.2 Å². The van der Waals surface area contributed by atoms with E-state index in [0.29, 0.717) is 12.8 Å². The molecule has 1 saturated heterocycles. The quantitative estimate of drug-likeness (QED) is 0.525. The van der Waals surface area contributed by atoms with Gasteiger partial charge in [-0.2, -0.15) is 0 Å². The number of carbonyl (C=O) groups is 2. The molecule has 0 aromatic heterocycles. The van der Waals surface area contributed by atoms with Crippen molar-refractivity contribution in [1.29, 1.82) is 0 Å². The standard InChI is InChI=1S/C20H27NO5S/c1-4-16(3)21(18-10-11-27(24,25)14-18)19(22)13-26-20(23)9-8-17-7-5-6-15(2)12-17/h5-9,12,16,18H,4,10-11,13-14H2,1-3H3/b9-8+/t16-,18-/m1/s1. The van der Waals surface area contributed by atoms with Gasteiger partial charge in [-0.15, -0.1) is 0 Å². The number of hydrogen-bond donors (Lipinski definition) is 0. The minimum Gasteiger partial charge on any atom is -0.452 e.